The van der Waals surface area contributed by atoms with E-state index in [-0.39, 0.29) is 10.8 Å². The van der Waals surface area contributed by atoms with Crippen molar-refractivity contribution < 1.29 is 0 Å². The van der Waals surface area contributed by atoms with Crippen LogP contribution in [0.4, 0.5) is 0 Å². The van der Waals surface area contributed by atoms with Gasteiger partial charge in [0.25, 0.3) is 0 Å². The SMILES string of the molecule is BrCCCCCCC1(CCCCCCBr)c2ccccc2-c2ccc(-c3ccc(-c4ccc5c(c4)C(CCCCCCBr)(CCCCCCBr)c4ccccc4-5)cc3)cc21. The number of fused-ring (bicyclic) bond motifs is 6. The molecule has 0 fully saturated rings. The second kappa shape index (κ2) is 23.1. The Hall–Kier alpha value is -1.98. The molecule has 0 unspecified atom stereocenters. The molecule has 0 nitrogen and oxygen atoms in total. The third kappa shape index (κ3) is 10.3. The maximum absolute atomic E-state index is 3.67. The zero-order valence-corrected chi connectivity index (χ0v) is 42.2. The fourth-order valence-corrected chi connectivity index (χ4v) is 12.5. The van der Waals surface area contributed by atoms with Gasteiger partial charge in [-0.2, -0.15) is 0 Å². The Labute approximate surface area is 397 Å². The molecule has 0 spiro atoms. The van der Waals surface area contributed by atoms with Crippen molar-refractivity contribution in [2.45, 2.75) is 139 Å². The molecule has 0 atom stereocenters. The summed E-state index contributed by atoms with van der Waals surface area (Å²) in [5.41, 5.74) is 17.6. The van der Waals surface area contributed by atoms with Gasteiger partial charge in [-0.15, -0.1) is 0 Å². The summed E-state index contributed by atoms with van der Waals surface area (Å²) in [6.07, 6.45) is 25.6. The van der Waals surface area contributed by atoms with Crippen LogP contribution in [0.15, 0.2) is 109 Å². The van der Waals surface area contributed by atoms with Gasteiger partial charge in [0.2, 0.25) is 0 Å². The molecule has 60 heavy (non-hydrogen) atoms. The zero-order valence-electron chi connectivity index (χ0n) is 35.9. The van der Waals surface area contributed by atoms with Crippen molar-refractivity contribution in [2.75, 3.05) is 21.3 Å². The molecule has 0 amide bonds. The molecule has 7 rings (SSSR count). The summed E-state index contributed by atoms with van der Waals surface area (Å²) in [5.74, 6) is 0. The van der Waals surface area contributed by atoms with E-state index in [0.717, 1.165) is 21.3 Å². The van der Waals surface area contributed by atoms with Gasteiger partial charge in [-0.05, 0) is 130 Å². The molecule has 0 saturated carbocycles. The van der Waals surface area contributed by atoms with E-state index < -0.39 is 0 Å². The summed E-state index contributed by atoms with van der Waals surface area (Å²) in [6, 6.07) is 43.2. The van der Waals surface area contributed by atoms with Gasteiger partial charge < -0.3 is 0 Å². The van der Waals surface area contributed by atoms with E-state index in [4.69, 9.17) is 0 Å². The molecule has 0 aromatic heterocycles. The van der Waals surface area contributed by atoms with E-state index in [2.05, 4.69) is 173 Å². The van der Waals surface area contributed by atoms with Crippen LogP contribution in [-0.4, -0.2) is 21.3 Å². The number of hydrogen-bond acceptors (Lipinski definition) is 0. The topological polar surface area (TPSA) is 0 Å². The van der Waals surface area contributed by atoms with Crippen LogP contribution in [0.1, 0.15) is 151 Å². The molecule has 0 aliphatic heterocycles. The summed E-state index contributed by atoms with van der Waals surface area (Å²) in [5, 5.41) is 4.43. The molecule has 0 heterocycles. The van der Waals surface area contributed by atoms with Crippen molar-refractivity contribution in [2.24, 2.45) is 0 Å². The lowest BCUT2D eigenvalue weighted by Gasteiger charge is -2.33. The third-order valence-electron chi connectivity index (χ3n) is 14.0. The van der Waals surface area contributed by atoms with Crippen LogP contribution >= 0.6 is 63.7 Å². The molecule has 0 radical (unpaired) electrons. The number of rotatable bonds is 26. The Bertz CT molecular complexity index is 1920. The molecule has 5 aromatic rings. The normalized spacial score (nSPS) is 14.2. The molecule has 0 saturated heterocycles. The van der Waals surface area contributed by atoms with Gasteiger partial charge in [-0.25, -0.2) is 0 Å². The van der Waals surface area contributed by atoms with E-state index in [1.54, 1.807) is 22.3 Å². The molecular weight excluding hydrogens is 992 g/mol. The van der Waals surface area contributed by atoms with Crippen molar-refractivity contribution in [3.63, 3.8) is 0 Å². The van der Waals surface area contributed by atoms with Crippen LogP contribution in [0.25, 0.3) is 44.5 Å². The summed E-state index contributed by atoms with van der Waals surface area (Å²) < 4.78 is 0. The lowest BCUT2D eigenvalue weighted by molar-refractivity contribution is 0.401. The summed E-state index contributed by atoms with van der Waals surface area (Å²) >= 11 is 14.7. The quantitative estimate of drug-likeness (QED) is 0.0382. The Balaban J connectivity index is 1.19. The summed E-state index contributed by atoms with van der Waals surface area (Å²) in [4.78, 5) is 0. The fraction of sp³-hybridized carbons (Fsp3) is 0.464. The minimum Gasteiger partial charge on any atom is -0.0928 e. The first kappa shape index (κ1) is 46.0. The predicted octanol–water partition coefficient (Wildman–Crippen LogP) is 18.9. The van der Waals surface area contributed by atoms with Gasteiger partial charge in [0.15, 0.2) is 0 Å². The summed E-state index contributed by atoms with van der Waals surface area (Å²) in [7, 11) is 0. The van der Waals surface area contributed by atoms with Crippen molar-refractivity contribution >= 4 is 63.7 Å². The van der Waals surface area contributed by atoms with Gasteiger partial charge in [-0.1, -0.05) is 238 Å². The van der Waals surface area contributed by atoms with E-state index in [0.29, 0.717) is 0 Å². The van der Waals surface area contributed by atoms with Crippen LogP contribution in [0.3, 0.4) is 0 Å². The minimum atomic E-state index is 0.0843. The van der Waals surface area contributed by atoms with Crippen molar-refractivity contribution in [3.8, 4) is 44.5 Å². The van der Waals surface area contributed by atoms with Crippen LogP contribution in [0, 0.1) is 0 Å². The van der Waals surface area contributed by atoms with Gasteiger partial charge >= 0.3 is 0 Å². The van der Waals surface area contributed by atoms with E-state index >= 15 is 0 Å². The second-order valence-corrected chi connectivity index (χ2v) is 20.9. The highest BCUT2D eigenvalue weighted by molar-refractivity contribution is 9.09. The Kier molecular flexibility index (Phi) is 17.7. The molecule has 2 aliphatic rings. The Morgan fingerprint density at radius 3 is 0.883 bits per heavy atom. The van der Waals surface area contributed by atoms with E-state index in [1.807, 2.05) is 0 Å². The predicted molar refractivity (Wildman–Crippen MR) is 277 cm³/mol. The number of hydrogen-bond donors (Lipinski definition) is 0. The first-order chi connectivity index (χ1) is 29.6. The average molecular weight is 1060 g/mol. The Morgan fingerprint density at radius 2 is 0.550 bits per heavy atom. The molecular formula is C56H66Br4. The maximum atomic E-state index is 3.67. The Morgan fingerprint density at radius 1 is 0.267 bits per heavy atom. The highest BCUT2D eigenvalue weighted by Crippen LogP contribution is 2.56. The fourth-order valence-electron chi connectivity index (χ4n) is 11.0. The van der Waals surface area contributed by atoms with Gasteiger partial charge in [0, 0.05) is 32.2 Å². The van der Waals surface area contributed by atoms with Crippen LogP contribution in [-0.2, 0) is 10.8 Å². The molecule has 0 N–H and O–H groups in total. The minimum absolute atomic E-state index is 0.0843. The molecule has 2 aliphatic carbocycles. The zero-order chi connectivity index (χ0) is 41.6. The monoisotopic (exact) mass is 1050 g/mol. The molecule has 4 heteroatoms. The molecule has 318 valence electrons. The lowest BCUT2D eigenvalue weighted by Crippen LogP contribution is -2.25. The summed E-state index contributed by atoms with van der Waals surface area (Å²) in [6.45, 7) is 0. The van der Waals surface area contributed by atoms with E-state index in [1.165, 1.54) is 173 Å². The highest BCUT2D eigenvalue weighted by atomic mass is 79.9. The number of alkyl halides is 4. The van der Waals surface area contributed by atoms with Gasteiger partial charge in [0.05, 0.1) is 0 Å². The number of benzene rings is 5. The van der Waals surface area contributed by atoms with Crippen molar-refractivity contribution in [1.82, 2.24) is 0 Å². The standard InChI is InChI=1S/C56H66Br4/c57-37-17-5-1-13-33-55(34-14-2-6-18-38-58)51-23-11-9-21-47(51)49-31-29-45(41-53(49)55)43-25-27-44(28-26-43)46-30-32-50-48-22-10-12-24-52(48)56(54(50)42-46,35-15-3-7-19-39-59)36-16-4-8-20-40-60/h9-12,21-32,41-42H,1-8,13-20,33-40H2. The van der Waals surface area contributed by atoms with Crippen LogP contribution in [0.2, 0.25) is 0 Å². The largest absolute Gasteiger partial charge is 0.0928 e. The molecule has 5 aromatic carbocycles. The van der Waals surface area contributed by atoms with E-state index in [9.17, 15) is 0 Å². The third-order valence-corrected chi connectivity index (χ3v) is 16.3. The number of halogens is 4. The van der Waals surface area contributed by atoms with Gasteiger partial charge in [-0.3, -0.25) is 0 Å². The average Bonchev–Trinajstić information content (AvgIpc) is 3.72. The second-order valence-electron chi connectivity index (χ2n) is 17.8. The highest BCUT2D eigenvalue weighted by Gasteiger charge is 2.43. The maximum Gasteiger partial charge on any atom is 0.0215 e. The smallest absolute Gasteiger partial charge is 0.0215 e. The first-order valence-corrected chi connectivity index (χ1v) is 27.9. The molecule has 0 bridgehead atoms. The number of unbranched alkanes of at least 4 members (excludes halogenated alkanes) is 12. The lowest BCUT2D eigenvalue weighted by atomic mass is 9.70. The van der Waals surface area contributed by atoms with Crippen LogP contribution < -0.4 is 0 Å². The van der Waals surface area contributed by atoms with Crippen molar-refractivity contribution in [3.05, 3.63) is 131 Å². The van der Waals surface area contributed by atoms with Crippen molar-refractivity contribution in [1.29, 1.82) is 0 Å². The van der Waals surface area contributed by atoms with Gasteiger partial charge in [0.1, 0.15) is 0 Å². The van der Waals surface area contributed by atoms with Crippen LogP contribution in [0.5, 0.6) is 0 Å². The first-order valence-electron chi connectivity index (χ1n) is 23.4.